The van der Waals surface area contributed by atoms with E-state index in [-0.39, 0.29) is 140 Å². The SMILES string of the molecule is CC(C)(C)c1cc(CC(=O)[C@@H]2CCN2)on1.CC(C)(C)c1cc(CC(=O)[C@@H]2CCN2C(=O)C2CCC(F)(F)CC2)on1.CC(C)(C)c1cc(CC(=O)[C@@H]2CCN2C(=O)C2CCC(F)(F)CC2)on1.Cl. The molecule has 384 valence electrons. The van der Waals surface area contributed by atoms with Gasteiger partial charge in [-0.1, -0.05) is 77.8 Å². The Balaban J connectivity index is 0.000000197. The molecule has 2 aliphatic carbocycles. The summed E-state index contributed by atoms with van der Waals surface area (Å²) in [4.78, 5) is 65.1. The Labute approximate surface area is 408 Å². The number of halogens is 5. The first-order chi connectivity index (χ1) is 31.6. The van der Waals surface area contributed by atoms with Crippen LogP contribution >= 0.6 is 12.4 Å². The highest BCUT2D eigenvalue weighted by molar-refractivity contribution is 5.93. The summed E-state index contributed by atoms with van der Waals surface area (Å²) in [6.45, 7) is 20.3. The first-order valence-electron chi connectivity index (χ1n) is 24.2. The third kappa shape index (κ3) is 14.6. The number of nitrogens with one attached hydrogen (secondary N) is 1. The molecule has 5 fully saturated rings. The lowest BCUT2D eigenvalue weighted by atomic mass is 9.84. The maximum atomic E-state index is 13.3. The smallest absolute Gasteiger partial charge is 0.248 e. The van der Waals surface area contributed by atoms with Crippen molar-refractivity contribution in [1.29, 1.82) is 0 Å². The average molecular weight is 996 g/mol. The summed E-state index contributed by atoms with van der Waals surface area (Å²) < 4.78 is 68.8. The molecular weight excluding hydrogens is 924 g/mol. The zero-order valence-electron chi connectivity index (χ0n) is 41.6. The van der Waals surface area contributed by atoms with Gasteiger partial charge in [0.05, 0.1) is 54.5 Å². The molecule has 2 amide bonds. The van der Waals surface area contributed by atoms with E-state index in [1.165, 1.54) is 0 Å². The zero-order chi connectivity index (χ0) is 50.0. The number of likely N-dealkylation sites (tertiary alicyclic amines) is 2. The molecule has 14 nitrogen and oxygen atoms in total. The second-order valence-corrected chi connectivity index (χ2v) is 22.4. The number of hydrogen-bond donors (Lipinski definition) is 1. The Morgan fingerprint density at radius 1 is 0.551 bits per heavy atom. The van der Waals surface area contributed by atoms with Crippen molar-refractivity contribution in [1.82, 2.24) is 30.6 Å². The van der Waals surface area contributed by atoms with Crippen LogP contribution in [0.2, 0.25) is 0 Å². The molecule has 8 rings (SSSR count). The number of rotatable bonds is 11. The fraction of sp³-hybridized carbons (Fsp3) is 0.720. The third-order valence-corrected chi connectivity index (χ3v) is 13.7. The molecule has 0 bridgehead atoms. The molecular formula is C50H71ClF4N6O8. The number of carbonyl (C=O) groups excluding carboxylic acids is 5. The van der Waals surface area contributed by atoms with Gasteiger partial charge in [-0.05, 0) is 51.5 Å². The highest BCUT2D eigenvalue weighted by Gasteiger charge is 2.45. The van der Waals surface area contributed by atoms with Gasteiger partial charge in [-0.3, -0.25) is 24.0 Å². The molecule has 0 spiro atoms. The van der Waals surface area contributed by atoms with Gasteiger partial charge in [0.1, 0.15) is 17.3 Å². The molecule has 3 saturated heterocycles. The number of aromatic nitrogens is 3. The third-order valence-electron chi connectivity index (χ3n) is 13.7. The van der Waals surface area contributed by atoms with Crippen LogP contribution in [0.15, 0.2) is 31.8 Å². The summed E-state index contributed by atoms with van der Waals surface area (Å²) in [6.07, 6.45) is 2.52. The zero-order valence-corrected chi connectivity index (χ0v) is 42.4. The van der Waals surface area contributed by atoms with Crippen LogP contribution in [0.25, 0.3) is 0 Å². The number of carbonyl (C=O) groups is 5. The van der Waals surface area contributed by atoms with Crippen molar-refractivity contribution in [2.75, 3.05) is 19.6 Å². The Morgan fingerprint density at radius 3 is 1.09 bits per heavy atom. The summed E-state index contributed by atoms with van der Waals surface area (Å²) in [7, 11) is 0. The molecule has 3 aliphatic heterocycles. The molecule has 19 heteroatoms. The van der Waals surface area contributed by atoms with Gasteiger partial charge in [0.25, 0.3) is 0 Å². The van der Waals surface area contributed by atoms with Crippen LogP contribution in [0.5, 0.6) is 0 Å². The minimum absolute atomic E-state index is 0. The standard InChI is InChI=1S/2C19H26F2N2O3.C12H18N2O2.ClH/c2*1-18(2,3)16-11-13(26-22-16)10-15(24)14-6-9-23(14)17(25)12-4-7-19(20,21)8-5-12;1-12(2,3)11-7-8(16-14-11)6-10(15)9-4-5-13-9;/h2*11-12,14H,4-10H2,1-3H3;7,9,13H,4-6H2,1-3H3;1H/t2*14-;9-;/m000./s1. The van der Waals surface area contributed by atoms with Gasteiger partial charge in [-0.25, -0.2) is 17.6 Å². The summed E-state index contributed by atoms with van der Waals surface area (Å²) in [5.74, 6) is -4.69. The van der Waals surface area contributed by atoms with Gasteiger partial charge in [-0.15, -0.1) is 12.4 Å². The van der Waals surface area contributed by atoms with E-state index in [0.29, 0.717) is 49.6 Å². The molecule has 0 aromatic carbocycles. The van der Waals surface area contributed by atoms with E-state index in [4.69, 9.17) is 13.6 Å². The molecule has 0 unspecified atom stereocenters. The lowest BCUT2D eigenvalue weighted by Crippen LogP contribution is -2.57. The van der Waals surface area contributed by atoms with Crippen LogP contribution < -0.4 is 5.32 Å². The highest BCUT2D eigenvalue weighted by Crippen LogP contribution is 2.40. The maximum Gasteiger partial charge on any atom is 0.248 e. The van der Waals surface area contributed by atoms with Crippen molar-refractivity contribution in [3.63, 3.8) is 0 Å². The van der Waals surface area contributed by atoms with Gasteiger partial charge in [0.15, 0.2) is 17.3 Å². The minimum Gasteiger partial charge on any atom is -0.361 e. The van der Waals surface area contributed by atoms with Crippen molar-refractivity contribution in [2.24, 2.45) is 11.8 Å². The normalized spacial score (nSPS) is 22.5. The molecule has 1 N–H and O–H groups in total. The van der Waals surface area contributed by atoms with E-state index < -0.39 is 23.9 Å². The second-order valence-electron chi connectivity index (χ2n) is 22.4. The number of hydrogen-bond acceptors (Lipinski definition) is 12. The van der Waals surface area contributed by atoms with Gasteiger partial charge >= 0.3 is 0 Å². The average Bonchev–Trinajstić information content (AvgIpc) is 3.96. The number of ketones is 3. The van der Waals surface area contributed by atoms with E-state index in [1.54, 1.807) is 21.9 Å². The molecule has 5 aliphatic rings. The van der Waals surface area contributed by atoms with Gasteiger partial charge in [0.2, 0.25) is 23.7 Å². The summed E-state index contributed by atoms with van der Waals surface area (Å²) in [5.41, 5.74) is 2.12. The monoisotopic (exact) mass is 994 g/mol. The first kappa shape index (κ1) is 55.5. The summed E-state index contributed by atoms with van der Waals surface area (Å²) in [6, 6.07) is 4.55. The van der Waals surface area contributed by atoms with Gasteiger partial charge in [0, 0.05) is 85.1 Å². The number of nitrogens with zero attached hydrogens (tertiary/aromatic N) is 5. The van der Waals surface area contributed by atoms with Gasteiger partial charge in [-0.2, -0.15) is 0 Å². The summed E-state index contributed by atoms with van der Waals surface area (Å²) >= 11 is 0. The summed E-state index contributed by atoms with van der Waals surface area (Å²) in [5, 5.41) is 15.1. The molecule has 6 heterocycles. The van der Waals surface area contributed by atoms with Crippen molar-refractivity contribution in [2.45, 2.75) is 198 Å². The van der Waals surface area contributed by atoms with Crippen molar-refractivity contribution in [3.8, 4) is 0 Å². The molecule has 2 saturated carbocycles. The van der Waals surface area contributed by atoms with Crippen LogP contribution in [0.3, 0.4) is 0 Å². The largest absolute Gasteiger partial charge is 0.361 e. The Bertz CT molecular complexity index is 2130. The number of alkyl halides is 4. The van der Waals surface area contributed by atoms with Crippen LogP contribution in [0.1, 0.15) is 167 Å². The number of Topliss-reactive ketones (excluding diaryl/α,β-unsaturated/α-hetero) is 3. The van der Waals surface area contributed by atoms with Crippen LogP contribution in [0.4, 0.5) is 17.6 Å². The maximum absolute atomic E-state index is 13.3. The molecule has 3 aromatic heterocycles. The Morgan fingerprint density at radius 2 is 0.855 bits per heavy atom. The van der Waals surface area contributed by atoms with E-state index in [1.807, 2.05) is 47.6 Å². The quantitative estimate of drug-likeness (QED) is 0.181. The van der Waals surface area contributed by atoms with Crippen molar-refractivity contribution < 1.29 is 55.1 Å². The van der Waals surface area contributed by atoms with Crippen LogP contribution in [-0.2, 0) is 59.5 Å². The topological polar surface area (TPSA) is 182 Å². The minimum atomic E-state index is -2.65. The molecule has 3 aromatic rings. The molecule has 3 atom stereocenters. The lowest BCUT2D eigenvalue weighted by Gasteiger charge is -2.42. The lowest BCUT2D eigenvalue weighted by molar-refractivity contribution is -0.153. The van der Waals surface area contributed by atoms with E-state index in [0.717, 1.165) is 30.0 Å². The molecule has 0 radical (unpaired) electrons. The van der Waals surface area contributed by atoms with E-state index in [2.05, 4.69) is 41.6 Å². The molecule has 69 heavy (non-hydrogen) atoms. The Kier molecular flexibility index (Phi) is 17.6. The second kappa shape index (κ2) is 21.9. The number of amides is 2. The van der Waals surface area contributed by atoms with Gasteiger partial charge < -0.3 is 28.7 Å². The fourth-order valence-electron chi connectivity index (χ4n) is 8.70. The predicted molar refractivity (Wildman–Crippen MR) is 249 cm³/mol. The highest BCUT2D eigenvalue weighted by atomic mass is 35.5. The Hall–Kier alpha value is -4.45. The van der Waals surface area contributed by atoms with E-state index in [9.17, 15) is 41.5 Å². The predicted octanol–water partition coefficient (Wildman–Crippen LogP) is 8.89. The first-order valence-corrected chi connectivity index (χ1v) is 24.2. The van der Waals surface area contributed by atoms with Crippen molar-refractivity contribution >= 4 is 41.6 Å². The fourth-order valence-corrected chi connectivity index (χ4v) is 8.70. The van der Waals surface area contributed by atoms with Crippen LogP contribution in [-0.4, -0.2) is 104 Å². The van der Waals surface area contributed by atoms with Crippen LogP contribution in [0, 0.1) is 11.8 Å². The van der Waals surface area contributed by atoms with Crippen molar-refractivity contribution in [3.05, 3.63) is 52.6 Å². The van der Waals surface area contributed by atoms with E-state index >= 15 is 0 Å².